The summed E-state index contributed by atoms with van der Waals surface area (Å²) in [6.45, 7) is -0.0284. The van der Waals surface area contributed by atoms with E-state index < -0.39 is 105 Å². The number of esters is 2. The van der Waals surface area contributed by atoms with Crippen molar-refractivity contribution in [2.24, 2.45) is 27.9 Å². The highest BCUT2D eigenvalue weighted by Crippen LogP contribution is 2.53. The van der Waals surface area contributed by atoms with Crippen molar-refractivity contribution in [3.8, 4) is 0 Å². The van der Waals surface area contributed by atoms with Crippen molar-refractivity contribution in [1.29, 1.82) is 0 Å². The van der Waals surface area contributed by atoms with E-state index in [1.165, 1.54) is 37.5 Å². The first-order chi connectivity index (χ1) is 26.3. The second kappa shape index (κ2) is 24.9. The first kappa shape index (κ1) is 49.5. The molecule has 24 heteroatoms. The predicted octanol–water partition coefficient (Wildman–Crippen LogP) is -2.54. The zero-order chi connectivity index (χ0) is 42.6. The number of hydrogen-bond acceptors (Lipinski definition) is 15. The molecule has 5 atom stereocenters. The van der Waals surface area contributed by atoms with Gasteiger partial charge in [0.15, 0.2) is 17.8 Å². The number of aliphatic hydroxyl groups excluding tert-OH is 2. The van der Waals surface area contributed by atoms with Crippen LogP contribution in [0.5, 0.6) is 0 Å². The van der Waals surface area contributed by atoms with Crippen LogP contribution in [0.1, 0.15) is 64.2 Å². The number of aliphatic hydroxyl groups is 2. The van der Waals surface area contributed by atoms with E-state index >= 15 is 0 Å². The van der Waals surface area contributed by atoms with Gasteiger partial charge < -0.3 is 68.2 Å². The van der Waals surface area contributed by atoms with Crippen LogP contribution in [-0.2, 0) is 47.3 Å². The maximum absolute atomic E-state index is 13.5. The minimum Gasteiger partial charge on any atom is -0.505 e. The molecule has 1 aliphatic rings. The molecule has 1 heterocycles. The van der Waals surface area contributed by atoms with Crippen LogP contribution in [0, 0.1) is 0 Å². The predicted molar refractivity (Wildman–Crippen MR) is 201 cm³/mol. The smallest absolute Gasteiger partial charge is 0.395 e. The number of carbonyl (C=O) groups excluding carboxylic acids is 5. The average Bonchev–Trinajstić information content (AvgIpc) is 3.41. The van der Waals surface area contributed by atoms with Gasteiger partial charge in [-0.3, -0.25) is 24.2 Å². The van der Waals surface area contributed by atoms with Crippen LogP contribution in [0.3, 0.4) is 0 Å². The summed E-state index contributed by atoms with van der Waals surface area (Å²) >= 11 is 0. The van der Waals surface area contributed by atoms with Gasteiger partial charge in [-0.1, -0.05) is 0 Å². The summed E-state index contributed by atoms with van der Waals surface area (Å²) in [5, 5.41) is 38.2. The summed E-state index contributed by atoms with van der Waals surface area (Å²) in [6, 6.07) is -3.66. The lowest BCUT2D eigenvalue weighted by atomic mass is 10.0. The zero-order valence-corrected chi connectivity index (χ0v) is 33.2. The van der Waals surface area contributed by atoms with Crippen molar-refractivity contribution in [2.75, 3.05) is 54.4 Å². The lowest BCUT2D eigenvalue weighted by Gasteiger charge is -2.29. The molecule has 0 aromatic heterocycles. The van der Waals surface area contributed by atoms with Crippen molar-refractivity contribution >= 4 is 49.3 Å². The Kier molecular flexibility index (Phi) is 22.0. The van der Waals surface area contributed by atoms with E-state index in [1.807, 2.05) is 0 Å². The lowest BCUT2D eigenvalue weighted by Crippen LogP contribution is -2.55. The van der Waals surface area contributed by atoms with Crippen LogP contribution in [0.2, 0.25) is 0 Å². The fourth-order valence-electron chi connectivity index (χ4n) is 5.09. The van der Waals surface area contributed by atoms with Gasteiger partial charge in [0.05, 0.1) is 6.42 Å². The molecule has 3 amide bonds. The van der Waals surface area contributed by atoms with Crippen LogP contribution in [-0.4, -0.2) is 151 Å². The number of hydrogen-bond donors (Lipinski definition) is 10. The second-order valence-corrected chi connectivity index (χ2v) is 15.9. The molecule has 23 nitrogen and oxygen atoms in total. The highest BCUT2D eigenvalue weighted by molar-refractivity contribution is 7.54. The van der Waals surface area contributed by atoms with Crippen molar-refractivity contribution < 1.29 is 62.6 Å². The maximum atomic E-state index is 13.5. The molecule has 5 unspecified atom stereocenters. The number of guanidine groups is 1. The first-order valence-corrected chi connectivity index (χ1v) is 19.5. The van der Waals surface area contributed by atoms with E-state index in [0.29, 0.717) is 38.8 Å². The molecule has 1 aliphatic heterocycles. The van der Waals surface area contributed by atoms with Gasteiger partial charge in [-0.15, -0.1) is 0 Å². The standard InChI is InChI=1S/C32H59N10O13P/c1-41(2)56(52,42(3)4)55-27-25(46)26(54-31(27)51)22(43)18-53-24(45)14-13-23(44)38-19(10-5-7-15-33)28(47)39-20(12-9-17-37-32(35)36)29(48)40-21(30(49)50)11-6-8-16-34/h19-22,26,43,46H,5-18,33-34H2,1-4H3,(H,38,44)(H,39,47)(H,40,48)(H,49,50)(H4,35,36,37). The number of aliphatic imine (C=N–C) groups is 1. The molecule has 0 spiro atoms. The summed E-state index contributed by atoms with van der Waals surface area (Å²) in [5.41, 5.74) is 21.8. The zero-order valence-electron chi connectivity index (χ0n) is 32.3. The van der Waals surface area contributed by atoms with Crippen molar-refractivity contribution in [3.05, 3.63) is 11.5 Å². The molecule has 0 saturated heterocycles. The Morgan fingerprint density at radius 2 is 1.38 bits per heavy atom. The Balaban J connectivity index is 2.93. The normalized spacial score (nSPS) is 16.4. The molecular weight excluding hydrogens is 763 g/mol. The summed E-state index contributed by atoms with van der Waals surface area (Å²) in [5.74, 6) is -7.54. The number of nitrogens with one attached hydrogen (secondary N) is 3. The molecule has 1 rings (SSSR count). The number of carboxylic acids is 1. The minimum absolute atomic E-state index is 0.0135. The van der Waals surface area contributed by atoms with Gasteiger partial charge in [-0.05, 0) is 92.6 Å². The van der Waals surface area contributed by atoms with Crippen LogP contribution in [0.4, 0.5) is 0 Å². The van der Waals surface area contributed by atoms with E-state index in [1.54, 1.807) is 0 Å². The summed E-state index contributed by atoms with van der Waals surface area (Å²) in [6.07, 6.45) is -2.13. The van der Waals surface area contributed by atoms with Gasteiger partial charge in [0.1, 0.15) is 30.8 Å². The van der Waals surface area contributed by atoms with Crippen LogP contribution in [0.15, 0.2) is 16.5 Å². The van der Waals surface area contributed by atoms with Crippen LogP contribution in [0.25, 0.3) is 0 Å². The quantitative estimate of drug-likeness (QED) is 0.0128. The highest BCUT2D eigenvalue weighted by Gasteiger charge is 2.45. The van der Waals surface area contributed by atoms with Crippen LogP contribution < -0.4 is 38.9 Å². The van der Waals surface area contributed by atoms with Crippen molar-refractivity contribution in [3.63, 3.8) is 0 Å². The molecule has 0 aliphatic carbocycles. The number of nitrogens with zero attached hydrogens (tertiary/aromatic N) is 3. The molecule has 56 heavy (non-hydrogen) atoms. The Morgan fingerprint density at radius 3 is 1.89 bits per heavy atom. The molecule has 0 aromatic rings. The third-order valence-corrected chi connectivity index (χ3v) is 10.6. The van der Waals surface area contributed by atoms with Gasteiger partial charge in [0.25, 0.3) is 5.76 Å². The number of carboxylic acid groups (broad SMARTS) is 1. The number of carbonyl (C=O) groups is 6. The van der Waals surface area contributed by atoms with Gasteiger partial charge in [-0.2, -0.15) is 0 Å². The number of nitrogens with two attached hydrogens (primary N) is 4. The molecule has 0 radical (unpaired) electrons. The number of rotatable bonds is 28. The number of ether oxygens (including phenoxy) is 2. The fourth-order valence-corrected chi connectivity index (χ4v) is 6.54. The van der Waals surface area contributed by atoms with Gasteiger partial charge in [0.2, 0.25) is 17.7 Å². The van der Waals surface area contributed by atoms with E-state index in [9.17, 15) is 48.7 Å². The molecule has 0 aromatic carbocycles. The fraction of sp³-hybridized carbons (Fsp3) is 0.719. The summed E-state index contributed by atoms with van der Waals surface area (Å²) in [7, 11) is 1.90. The molecule has 0 bridgehead atoms. The highest BCUT2D eigenvalue weighted by atomic mass is 31.2. The first-order valence-electron chi connectivity index (χ1n) is 18.0. The monoisotopic (exact) mass is 822 g/mol. The Labute approximate surface area is 325 Å². The number of cyclic esters (lactones) is 1. The Morgan fingerprint density at radius 1 is 0.857 bits per heavy atom. The van der Waals surface area contributed by atoms with Crippen molar-refractivity contribution in [1.82, 2.24) is 25.3 Å². The van der Waals surface area contributed by atoms with Crippen molar-refractivity contribution in [2.45, 2.75) is 94.5 Å². The summed E-state index contributed by atoms with van der Waals surface area (Å²) in [4.78, 5) is 80.1. The van der Waals surface area contributed by atoms with E-state index in [0.717, 1.165) is 0 Å². The molecule has 0 saturated carbocycles. The van der Waals surface area contributed by atoms with E-state index in [-0.39, 0.29) is 38.2 Å². The van der Waals surface area contributed by atoms with E-state index in [2.05, 4.69) is 20.9 Å². The topological polar surface area (TPSA) is 367 Å². The lowest BCUT2D eigenvalue weighted by molar-refractivity contribution is -0.155. The third-order valence-electron chi connectivity index (χ3n) is 8.20. The van der Waals surface area contributed by atoms with Gasteiger partial charge in [-0.25, -0.2) is 23.5 Å². The molecule has 14 N–H and O–H groups in total. The second-order valence-electron chi connectivity index (χ2n) is 13.2. The Hall–Kier alpha value is -4.54. The van der Waals surface area contributed by atoms with Gasteiger partial charge >= 0.3 is 25.6 Å². The minimum atomic E-state index is -3.79. The van der Waals surface area contributed by atoms with Crippen LogP contribution >= 0.6 is 7.67 Å². The van der Waals surface area contributed by atoms with E-state index in [4.69, 9.17) is 36.9 Å². The molecular formula is C32H59N10O13P. The number of amides is 3. The largest absolute Gasteiger partial charge is 0.505 e. The SMILES string of the molecule is CN(C)P(=O)(OC1=C(O)C(C(O)COC(=O)CCC(=O)NC(CCCCN)C(=O)NC(CCCN=C(N)N)C(=O)NC(CCCCN)C(=O)O)OC1=O)N(C)C. The van der Waals surface area contributed by atoms with Gasteiger partial charge in [0, 0.05) is 13.0 Å². The average molecular weight is 823 g/mol. The molecule has 320 valence electrons. The Bertz CT molecular complexity index is 1450. The number of unbranched alkanes of at least 4 members (excludes halogenated alkanes) is 2. The maximum Gasteiger partial charge on any atom is 0.395 e. The molecule has 0 fully saturated rings. The number of aliphatic carboxylic acids is 1. The summed E-state index contributed by atoms with van der Waals surface area (Å²) < 4.78 is 30.8. The third kappa shape index (κ3) is 16.7.